The molecule has 1 N–H and O–H groups in total. The summed E-state index contributed by atoms with van der Waals surface area (Å²) in [5, 5.41) is 7.36. The molecule has 1 aromatic heterocycles. The van der Waals surface area contributed by atoms with E-state index in [1.165, 1.54) is 35.5 Å². The van der Waals surface area contributed by atoms with Crippen molar-refractivity contribution in [1.82, 2.24) is 14.8 Å². The van der Waals surface area contributed by atoms with E-state index in [4.69, 9.17) is 28.4 Å². The number of benzene rings is 3. The summed E-state index contributed by atoms with van der Waals surface area (Å²) >= 11 is 0. The van der Waals surface area contributed by atoms with Crippen LogP contribution in [0, 0.1) is 0 Å². The van der Waals surface area contributed by atoms with E-state index in [2.05, 4.69) is 15.4 Å². The quantitative estimate of drug-likeness (QED) is 0.294. The number of hydrogen-bond acceptors (Lipinski definition) is 9. The predicted octanol–water partition coefficient (Wildman–Crippen LogP) is 4.63. The molecule has 0 radical (unpaired) electrons. The van der Waals surface area contributed by atoms with Crippen molar-refractivity contribution in [2.75, 3.05) is 47.5 Å². The maximum absolute atomic E-state index is 13.3. The third-order valence-corrected chi connectivity index (χ3v) is 5.77. The molecule has 0 aliphatic rings. The first kappa shape index (κ1) is 27.1. The van der Waals surface area contributed by atoms with Crippen molar-refractivity contribution in [2.45, 2.75) is 6.92 Å². The molecule has 0 unspecified atom stereocenters. The maximum atomic E-state index is 13.3. The molecule has 11 nitrogen and oxygen atoms in total. The van der Waals surface area contributed by atoms with Gasteiger partial charge in [0.2, 0.25) is 11.6 Å². The molecule has 39 heavy (non-hydrogen) atoms. The predicted molar refractivity (Wildman–Crippen MR) is 145 cm³/mol. The zero-order valence-electron chi connectivity index (χ0n) is 22.6. The number of rotatable bonds is 11. The Bertz CT molecular complexity index is 1430. The molecule has 0 bridgehead atoms. The van der Waals surface area contributed by atoms with Crippen LogP contribution in [-0.2, 0) is 0 Å². The highest BCUT2D eigenvalue weighted by atomic mass is 16.5. The summed E-state index contributed by atoms with van der Waals surface area (Å²) in [6, 6.07) is 15.8. The number of aromatic nitrogens is 3. The van der Waals surface area contributed by atoms with Gasteiger partial charge in [-0.1, -0.05) is 0 Å². The van der Waals surface area contributed by atoms with Gasteiger partial charge in [-0.2, -0.15) is 0 Å². The SMILES string of the molecule is CCOc1ccc(-n2nc(C(=O)Nc3ccc(OC)c(OC)c3)nc2-c2cc(OC)c(OC)c(OC)c2)cc1. The summed E-state index contributed by atoms with van der Waals surface area (Å²) in [5.74, 6) is 2.84. The van der Waals surface area contributed by atoms with Crippen LogP contribution >= 0.6 is 0 Å². The molecule has 0 saturated heterocycles. The molecule has 0 atom stereocenters. The number of nitrogens with one attached hydrogen (secondary N) is 1. The van der Waals surface area contributed by atoms with Crippen LogP contribution in [0.25, 0.3) is 17.1 Å². The van der Waals surface area contributed by atoms with Gasteiger partial charge in [-0.05, 0) is 55.5 Å². The largest absolute Gasteiger partial charge is 0.494 e. The molecule has 0 saturated carbocycles. The molecule has 3 aromatic carbocycles. The molecule has 4 aromatic rings. The average molecular weight is 535 g/mol. The number of hydrogen-bond donors (Lipinski definition) is 1. The van der Waals surface area contributed by atoms with Gasteiger partial charge in [0.05, 0.1) is 47.8 Å². The molecule has 11 heteroatoms. The van der Waals surface area contributed by atoms with Crippen molar-refractivity contribution < 1.29 is 33.2 Å². The number of ether oxygens (including phenoxy) is 6. The Morgan fingerprint density at radius 1 is 0.795 bits per heavy atom. The van der Waals surface area contributed by atoms with E-state index >= 15 is 0 Å². The van der Waals surface area contributed by atoms with Gasteiger partial charge >= 0.3 is 0 Å². The summed E-state index contributed by atoms with van der Waals surface area (Å²) in [4.78, 5) is 17.9. The highest BCUT2D eigenvalue weighted by Gasteiger charge is 2.23. The van der Waals surface area contributed by atoms with Crippen molar-refractivity contribution in [3.05, 3.63) is 60.4 Å². The topological polar surface area (TPSA) is 115 Å². The molecule has 0 aliphatic carbocycles. The zero-order chi connectivity index (χ0) is 27.9. The van der Waals surface area contributed by atoms with Crippen molar-refractivity contribution in [2.24, 2.45) is 0 Å². The minimum Gasteiger partial charge on any atom is -0.494 e. The summed E-state index contributed by atoms with van der Waals surface area (Å²) in [7, 11) is 7.64. The molecule has 0 fully saturated rings. The number of nitrogens with zero attached hydrogens (tertiary/aromatic N) is 3. The molecule has 0 aliphatic heterocycles. The van der Waals surface area contributed by atoms with E-state index in [-0.39, 0.29) is 5.82 Å². The van der Waals surface area contributed by atoms with Gasteiger partial charge in [0.15, 0.2) is 28.8 Å². The Kier molecular flexibility index (Phi) is 8.40. The van der Waals surface area contributed by atoms with Crippen LogP contribution in [0.5, 0.6) is 34.5 Å². The Labute approximate surface area is 226 Å². The minimum absolute atomic E-state index is 0.0533. The molecular formula is C28H30N4O7. The fraction of sp³-hybridized carbons (Fsp3) is 0.250. The molecular weight excluding hydrogens is 504 g/mol. The first-order chi connectivity index (χ1) is 19.0. The molecule has 0 spiro atoms. The third kappa shape index (κ3) is 5.66. The van der Waals surface area contributed by atoms with Crippen molar-refractivity contribution in [1.29, 1.82) is 0 Å². The van der Waals surface area contributed by atoms with Gasteiger partial charge in [0.1, 0.15) is 5.75 Å². The van der Waals surface area contributed by atoms with Gasteiger partial charge in [-0.15, -0.1) is 5.10 Å². The van der Waals surface area contributed by atoms with E-state index < -0.39 is 5.91 Å². The Hall–Kier alpha value is -4.93. The number of carbonyl (C=O) groups is 1. The van der Waals surface area contributed by atoms with Crippen LogP contribution in [0.2, 0.25) is 0 Å². The second-order valence-corrected chi connectivity index (χ2v) is 8.04. The standard InChI is InChI=1S/C28H30N4O7/c1-7-39-20-11-9-19(10-12-20)32-27(17-14-23(36-4)25(38-6)24(15-17)37-5)30-26(31-32)28(33)29-18-8-13-21(34-2)22(16-18)35-3/h8-16H,7H2,1-6H3,(H,29,33). The normalized spacial score (nSPS) is 10.5. The van der Waals surface area contributed by atoms with Crippen LogP contribution in [-0.4, -0.2) is 62.8 Å². The summed E-state index contributed by atoms with van der Waals surface area (Å²) in [6.45, 7) is 2.46. The Morgan fingerprint density at radius 2 is 1.44 bits per heavy atom. The lowest BCUT2D eigenvalue weighted by molar-refractivity contribution is 0.101. The highest BCUT2D eigenvalue weighted by Crippen LogP contribution is 2.41. The zero-order valence-corrected chi connectivity index (χ0v) is 22.6. The van der Waals surface area contributed by atoms with Gasteiger partial charge in [-0.3, -0.25) is 4.79 Å². The molecule has 4 rings (SSSR count). The van der Waals surface area contributed by atoms with Crippen molar-refractivity contribution in [3.63, 3.8) is 0 Å². The number of amides is 1. The smallest absolute Gasteiger partial charge is 0.295 e. The van der Waals surface area contributed by atoms with E-state index in [9.17, 15) is 4.79 Å². The van der Waals surface area contributed by atoms with E-state index in [1.807, 2.05) is 31.2 Å². The Morgan fingerprint density at radius 3 is 2.00 bits per heavy atom. The number of methoxy groups -OCH3 is 5. The van der Waals surface area contributed by atoms with Gasteiger partial charge in [0.25, 0.3) is 5.91 Å². The van der Waals surface area contributed by atoms with E-state index in [0.717, 1.165) is 0 Å². The van der Waals surface area contributed by atoms with Crippen LogP contribution in [0.15, 0.2) is 54.6 Å². The van der Waals surface area contributed by atoms with Gasteiger partial charge in [-0.25, -0.2) is 9.67 Å². The van der Waals surface area contributed by atoms with Crippen LogP contribution < -0.4 is 33.7 Å². The van der Waals surface area contributed by atoms with Crippen LogP contribution in [0.3, 0.4) is 0 Å². The fourth-order valence-electron chi connectivity index (χ4n) is 3.94. The van der Waals surface area contributed by atoms with E-state index in [1.54, 1.807) is 35.0 Å². The second kappa shape index (κ2) is 12.1. The monoisotopic (exact) mass is 534 g/mol. The van der Waals surface area contributed by atoms with Gasteiger partial charge < -0.3 is 33.7 Å². The summed E-state index contributed by atoms with van der Waals surface area (Å²) in [5.41, 5.74) is 1.75. The maximum Gasteiger partial charge on any atom is 0.295 e. The highest BCUT2D eigenvalue weighted by molar-refractivity contribution is 6.02. The lowest BCUT2D eigenvalue weighted by Gasteiger charge is -2.14. The van der Waals surface area contributed by atoms with Crippen molar-refractivity contribution >= 4 is 11.6 Å². The number of carbonyl (C=O) groups excluding carboxylic acids is 1. The average Bonchev–Trinajstić information content (AvgIpc) is 3.42. The van der Waals surface area contributed by atoms with E-state index in [0.29, 0.717) is 63.9 Å². The summed E-state index contributed by atoms with van der Waals surface area (Å²) in [6.07, 6.45) is 0. The Balaban J connectivity index is 1.79. The minimum atomic E-state index is -0.513. The molecule has 204 valence electrons. The number of anilines is 1. The first-order valence-electron chi connectivity index (χ1n) is 12.0. The van der Waals surface area contributed by atoms with Gasteiger partial charge in [0, 0.05) is 17.3 Å². The summed E-state index contributed by atoms with van der Waals surface area (Å²) < 4.78 is 34.2. The lowest BCUT2D eigenvalue weighted by Crippen LogP contribution is -2.14. The second-order valence-electron chi connectivity index (χ2n) is 8.04. The fourth-order valence-corrected chi connectivity index (χ4v) is 3.94. The molecule has 1 heterocycles. The first-order valence-corrected chi connectivity index (χ1v) is 12.0. The third-order valence-electron chi connectivity index (χ3n) is 5.77. The van der Waals surface area contributed by atoms with Crippen LogP contribution in [0.4, 0.5) is 5.69 Å². The van der Waals surface area contributed by atoms with Crippen LogP contribution in [0.1, 0.15) is 17.5 Å². The lowest BCUT2D eigenvalue weighted by atomic mass is 10.1. The van der Waals surface area contributed by atoms with Crippen molar-refractivity contribution in [3.8, 4) is 51.6 Å². The molecule has 1 amide bonds.